The van der Waals surface area contributed by atoms with Crippen molar-refractivity contribution < 1.29 is 9.53 Å². The highest BCUT2D eigenvalue weighted by atomic mass is 35.5. The number of carbonyl (C=O) groups is 1. The quantitative estimate of drug-likeness (QED) is 0.454. The lowest BCUT2D eigenvalue weighted by Gasteiger charge is -2.06. The van der Waals surface area contributed by atoms with Crippen LogP contribution in [0.1, 0.15) is 5.56 Å². The van der Waals surface area contributed by atoms with Crippen molar-refractivity contribution in [3.05, 3.63) is 58.1 Å². The van der Waals surface area contributed by atoms with Crippen LogP contribution in [-0.2, 0) is 10.5 Å². The summed E-state index contributed by atoms with van der Waals surface area (Å²) in [6, 6.07) is 13.3. The molecule has 7 heteroatoms. The summed E-state index contributed by atoms with van der Waals surface area (Å²) in [7, 11) is 1.63. The van der Waals surface area contributed by atoms with Crippen molar-refractivity contribution in [3.63, 3.8) is 0 Å². The van der Waals surface area contributed by atoms with E-state index < -0.39 is 0 Å². The van der Waals surface area contributed by atoms with E-state index in [1.54, 1.807) is 24.9 Å². The van der Waals surface area contributed by atoms with Crippen LogP contribution in [0.2, 0.25) is 10.0 Å². The Morgan fingerprint density at radius 1 is 1.12 bits per heavy atom. The second kappa shape index (κ2) is 10.9. The highest BCUT2D eigenvalue weighted by Gasteiger charge is 2.04. The number of amides is 1. The van der Waals surface area contributed by atoms with E-state index >= 15 is 0 Å². The summed E-state index contributed by atoms with van der Waals surface area (Å²) in [4.78, 5) is 12.9. The average molecular weight is 416 g/mol. The van der Waals surface area contributed by atoms with Gasteiger partial charge in [0.2, 0.25) is 5.91 Å². The Hall–Kier alpha value is -1.01. The van der Waals surface area contributed by atoms with E-state index in [-0.39, 0.29) is 5.91 Å². The number of thioether (sulfide) groups is 2. The van der Waals surface area contributed by atoms with Gasteiger partial charge in [-0.3, -0.25) is 4.79 Å². The third-order valence-corrected chi connectivity index (χ3v) is 6.03. The molecular formula is C18H19Cl2NO2S2. The number of halogens is 2. The maximum Gasteiger partial charge on any atom is 0.230 e. The number of hydrogen-bond acceptors (Lipinski definition) is 4. The zero-order valence-corrected chi connectivity index (χ0v) is 16.9. The van der Waals surface area contributed by atoms with Gasteiger partial charge in [0.15, 0.2) is 0 Å². The molecule has 0 radical (unpaired) electrons. The van der Waals surface area contributed by atoms with E-state index in [1.165, 1.54) is 11.8 Å². The molecule has 3 nitrogen and oxygen atoms in total. The summed E-state index contributed by atoms with van der Waals surface area (Å²) in [5.41, 5.74) is 1.13. The standard InChI is InChI=1S/C18H19Cl2NO2S2/c1-23-14-3-5-15(6-4-14)25-12-18(22)21-8-9-24-11-13-2-7-16(19)17(20)10-13/h2-7,10H,8-9,11-12H2,1H3,(H,21,22). The first-order chi connectivity index (χ1) is 12.1. The summed E-state index contributed by atoms with van der Waals surface area (Å²) >= 11 is 15.1. The minimum Gasteiger partial charge on any atom is -0.497 e. The smallest absolute Gasteiger partial charge is 0.230 e. The third kappa shape index (κ3) is 7.40. The van der Waals surface area contributed by atoms with E-state index in [2.05, 4.69) is 5.32 Å². The molecule has 0 unspecified atom stereocenters. The molecule has 2 aromatic carbocycles. The molecule has 0 fully saturated rings. The van der Waals surface area contributed by atoms with Crippen molar-refractivity contribution in [2.75, 3.05) is 25.2 Å². The maximum absolute atomic E-state index is 11.9. The zero-order chi connectivity index (χ0) is 18.1. The van der Waals surface area contributed by atoms with Crippen LogP contribution in [-0.4, -0.2) is 31.1 Å². The molecule has 0 aliphatic heterocycles. The van der Waals surface area contributed by atoms with Gasteiger partial charge in [0.1, 0.15) is 5.75 Å². The van der Waals surface area contributed by atoms with Crippen LogP contribution in [0.3, 0.4) is 0 Å². The lowest BCUT2D eigenvalue weighted by atomic mass is 10.2. The molecule has 134 valence electrons. The lowest BCUT2D eigenvalue weighted by molar-refractivity contribution is -0.118. The Labute approximate surface area is 166 Å². The van der Waals surface area contributed by atoms with E-state index in [0.717, 1.165) is 27.7 Å². The highest BCUT2D eigenvalue weighted by Crippen LogP contribution is 2.24. The first-order valence-electron chi connectivity index (χ1n) is 7.63. The van der Waals surface area contributed by atoms with Gasteiger partial charge in [-0.1, -0.05) is 29.3 Å². The molecule has 2 rings (SSSR count). The summed E-state index contributed by atoms with van der Waals surface area (Å²) in [5, 5.41) is 4.07. The topological polar surface area (TPSA) is 38.3 Å². The zero-order valence-electron chi connectivity index (χ0n) is 13.8. The molecule has 0 aliphatic carbocycles. The summed E-state index contributed by atoms with van der Waals surface area (Å²) in [5.74, 6) is 2.94. The van der Waals surface area contributed by atoms with Gasteiger partial charge >= 0.3 is 0 Å². The van der Waals surface area contributed by atoms with E-state index in [0.29, 0.717) is 22.3 Å². The van der Waals surface area contributed by atoms with Gasteiger partial charge in [0.05, 0.1) is 22.9 Å². The number of carbonyl (C=O) groups excluding carboxylic acids is 1. The van der Waals surface area contributed by atoms with Gasteiger partial charge in [-0.05, 0) is 42.0 Å². The van der Waals surface area contributed by atoms with Crippen LogP contribution in [0.4, 0.5) is 0 Å². The first-order valence-corrected chi connectivity index (χ1v) is 10.5. The molecule has 0 saturated heterocycles. The lowest BCUT2D eigenvalue weighted by Crippen LogP contribution is -2.27. The van der Waals surface area contributed by atoms with Crippen LogP contribution < -0.4 is 10.1 Å². The second-order valence-electron chi connectivity index (χ2n) is 5.12. The molecule has 0 bridgehead atoms. The molecule has 1 N–H and O–H groups in total. The van der Waals surface area contributed by atoms with Gasteiger partial charge < -0.3 is 10.1 Å². The predicted molar refractivity (Wildman–Crippen MR) is 109 cm³/mol. The number of hydrogen-bond donors (Lipinski definition) is 1. The second-order valence-corrected chi connectivity index (χ2v) is 8.08. The fourth-order valence-electron chi connectivity index (χ4n) is 1.95. The van der Waals surface area contributed by atoms with Crippen LogP contribution in [0, 0.1) is 0 Å². The fraction of sp³-hybridized carbons (Fsp3) is 0.278. The summed E-state index contributed by atoms with van der Waals surface area (Å²) in [6.45, 7) is 0.647. The molecule has 0 aromatic heterocycles. The number of ether oxygens (including phenoxy) is 1. The SMILES string of the molecule is COc1ccc(SCC(=O)NCCSCc2ccc(Cl)c(Cl)c2)cc1. The fourth-order valence-corrected chi connectivity index (χ4v) is 3.81. The molecule has 0 aliphatic rings. The third-order valence-electron chi connectivity index (χ3n) is 3.25. The number of nitrogens with one attached hydrogen (secondary N) is 1. The van der Waals surface area contributed by atoms with E-state index in [1.807, 2.05) is 36.4 Å². The van der Waals surface area contributed by atoms with Crippen LogP contribution in [0.15, 0.2) is 47.4 Å². The van der Waals surface area contributed by atoms with E-state index in [4.69, 9.17) is 27.9 Å². The molecule has 0 spiro atoms. The molecule has 1 amide bonds. The maximum atomic E-state index is 11.9. The van der Waals surface area contributed by atoms with Gasteiger partial charge in [-0.15, -0.1) is 11.8 Å². The molecule has 25 heavy (non-hydrogen) atoms. The predicted octanol–water partition coefficient (Wildman–Crippen LogP) is 5.14. The Bertz CT molecular complexity index is 696. The van der Waals surface area contributed by atoms with Crippen molar-refractivity contribution in [1.29, 1.82) is 0 Å². The normalized spacial score (nSPS) is 10.5. The van der Waals surface area contributed by atoms with Gasteiger partial charge in [0, 0.05) is 22.9 Å². The summed E-state index contributed by atoms with van der Waals surface area (Å²) < 4.78 is 5.11. The van der Waals surface area contributed by atoms with Crippen LogP contribution >= 0.6 is 46.7 Å². The molecular weight excluding hydrogens is 397 g/mol. The number of rotatable bonds is 9. The number of benzene rings is 2. The van der Waals surface area contributed by atoms with Crippen LogP contribution in [0.25, 0.3) is 0 Å². The number of methoxy groups -OCH3 is 1. The largest absolute Gasteiger partial charge is 0.497 e. The van der Waals surface area contributed by atoms with Crippen molar-refractivity contribution in [1.82, 2.24) is 5.32 Å². The van der Waals surface area contributed by atoms with Gasteiger partial charge in [-0.2, -0.15) is 11.8 Å². The Kier molecular flexibility index (Phi) is 8.82. The molecule has 2 aromatic rings. The molecule has 0 atom stereocenters. The Morgan fingerprint density at radius 2 is 1.88 bits per heavy atom. The summed E-state index contributed by atoms with van der Waals surface area (Å²) in [6.07, 6.45) is 0. The Balaban J connectivity index is 1.59. The van der Waals surface area contributed by atoms with Crippen molar-refractivity contribution in [2.45, 2.75) is 10.6 Å². The minimum atomic E-state index is 0.0379. The molecule has 0 saturated carbocycles. The van der Waals surface area contributed by atoms with E-state index in [9.17, 15) is 4.79 Å². The monoisotopic (exact) mass is 415 g/mol. The van der Waals surface area contributed by atoms with Crippen LogP contribution in [0.5, 0.6) is 5.75 Å². The average Bonchev–Trinajstić information content (AvgIpc) is 2.63. The van der Waals surface area contributed by atoms with Gasteiger partial charge in [-0.25, -0.2) is 0 Å². The minimum absolute atomic E-state index is 0.0379. The Morgan fingerprint density at radius 3 is 2.56 bits per heavy atom. The van der Waals surface area contributed by atoms with Gasteiger partial charge in [0.25, 0.3) is 0 Å². The van der Waals surface area contributed by atoms with Crippen molar-refractivity contribution in [2.24, 2.45) is 0 Å². The highest BCUT2D eigenvalue weighted by molar-refractivity contribution is 8.00. The van der Waals surface area contributed by atoms with Crippen molar-refractivity contribution in [3.8, 4) is 5.75 Å². The van der Waals surface area contributed by atoms with Crippen molar-refractivity contribution >= 4 is 52.6 Å². The first kappa shape index (κ1) is 20.3. The molecule has 0 heterocycles.